The first kappa shape index (κ1) is 21.8. The van der Waals surface area contributed by atoms with Gasteiger partial charge in [-0.3, -0.25) is 14.9 Å². The molecule has 0 heterocycles. The topological polar surface area (TPSA) is 103 Å². The molecular weight excluding hydrogens is 410 g/mol. The summed E-state index contributed by atoms with van der Waals surface area (Å²) in [7, 11) is 1.55. The SMILES string of the molecule is COc1cc(/C=N\NC(=O)[C@H]2[C@H]3CCCC[C@]32C)ccc1OCc1ccc([N+](=O)[O-])cc1. The van der Waals surface area contributed by atoms with Gasteiger partial charge >= 0.3 is 0 Å². The molecule has 2 fully saturated rings. The van der Waals surface area contributed by atoms with Crippen molar-refractivity contribution in [3.8, 4) is 11.5 Å². The number of hydrazone groups is 1. The largest absolute Gasteiger partial charge is 0.493 e. The first-order chi connectivity index (χ1) is 15.4. The summed E-state index contributed by atoms with van der Waals surface area (Å²) in [5.41, 5.74) is 4.47. The maximum atomic E-state index is 12.5. The number of fused-ring (bicyclic) bond motifs is 1. The maximum absolute atomic E-state index is 12.5. The Kier molecular flexibility index (Phi) is 6.12. The molecule has 0 aliphatic heterocycles. The highest BCUT2D eigenvalue weighted by Gasteiger charge is 2.64. The third-order valence-electron chi connectivity index (χ3n) is 6.73. The fraction of sp³-hybridized carbons (Fsp3) is 0.417. The molecule has 0 spiro atoms. The molecule has 0 radical (unpaired) electrons. The number of ether oxygens (including phenoxy) is 2. The quantitative estimate of drug-likeness (QED) is 0.373. The molecular formula is C24H27N3O5. The van der Waals surface area contributed by atoms with Crippen LogP contribution in [0.15, 0.2) is 47.6 Å². The molecule has 8 heteroatoms. The lowest BCUT2D eigenvalue weighted by Crippen LogP contribution is -2.22. The van der Waals surface area contributed by atoms with Gasteiger partial charge < -0.3 is 9.47 Å². The smallest absolute Gasteiger partial charge is 0.269 e. The monoisotopic (exact) mass is 437 g/mol. The van der Waals surface area contributed by atoms with Gasteiger partial charge in [-0.1, -0.05) is 19.8 Å². The summed E-state index contributed by atoms with van der Waals surface area (Å²) in [5.74, 6) is 1.65. The molecule has 2 saturated carbocycles. The number of rotatable bonds is 8. The van der Waals surface area contributed by atoms with E-state index in [9.17, 15) is 14.9 Å². The molecule has 2 aromatic rings. The van der Waals surface area contributed by atoms with E-state index in [1.54, 1.807) is 37.6 Å². The molecule has 168 valence electrons. The Morgan fingerprint density at radius 1 is 1.25 bits per heavy atom. The Balaban J connectivity index is 1.33. The molecule has 0 unspecified atom stereocenters. The number of nitrogens with one attached hydrogen (secondary N) is 1. The molecule has 4 rings (SSSR count). The molecule has 32 heavy (non-hydrogen) atoms. The van der Waals surface area contributed by atoms with Gasteiger partial charge in [0.1, 0.15) is 6.61 Å². The third kappa shape index (κ3) is 4.44. The lowest BCUT2D eigenvalue weighted by Gasteiger charge is -2.15. The average Bonchev–Trinajstić information content (AvgIpc) is 3.43. The van der Waals surface area contributed by atoms with Crippen LogP contribution in [0.2, 0.25) is 0 Å². The van der Waals surface area contributed by atoms with Crippen LogP contribution in [0.25, 0.3) is 0 Å². The van der Waals surface area contributed by atoms with Crippen molar-refractivity contribution in [1.29, 1.82) is 0 Å². The van der Waals surface area contributed by atoms with E-state index >= 15 is 0 Å². The Morgan fingerprint density at radius 3 is 2.69 bits per heavy atom. The van der Waals surface area contributed by atoms with Crippen molar-refractivity contribution < 1.29 is 19.2 Å². The number of methoxy groups -OCH3 is 1. The van der Waals surface area contributed by atoms with Crippen LogP contribution in [0, 0.1) is 27.4 Å². The minimum Gasteiger partial charge on any atom is -0.493 e. The van der Waals surface area contributed by atoms with Gasteiger partial charge in [0.25, 0.3) is 5.69 Å². The summed E-state index contributed by atoms with van der Waals surface area (Å²) >= 11 is 0. The van der Waals surface area contributed by atoms with Crippen LogP contribution < -0.4 is 14.9 Å². The van der Waals surface area contributed by atoms with Gasteiger partial charge in [0, 0.05) is 18.1 Å². The Labute approximate surface area is 186 Å². The number of carbonyl (C=O) groups is 1. The van der Waals surface area contributed by atoms with Crippen LogP contribution in [0.3, 0.4) is 0 Å². The summed E-state index contributed by atoms with van der Waals surface area (Å²) in [6.45, 7) is 2.46. The molecule has 0 saturated heterocycles. The predicted molar refractivity (Wildman–Crippen MR) is 120 cm³/mol. The number of carbonyl (C=O) groups excluding carboxylic acids is 1. The third-order valence-corrected chi connectivity index (χ3v) is 6.73. The van der Waals surface area contributed by atoms with Crippen LogP contribution in [-0.4, -0.2) is 24.2 Å². The van der Waals surface area contributed by atoms with E-state index in [2.05, 4.69) is 17.5 Å². The van der Waals surface area contributed by atoms with Crippen LogP contribution in [0.5, 0.6) is 11.5 Å². The van der Waals surface area contributed by atoms with Gasteiger partial charge in [0.2, 0.25) is 5.91 Å². The Bertz CT molecular complexity index is 1040. The molecule has 3 atom stereocenters. The molecule has 2 aliphatic rings. The molecule has 2 aromatic carbocycles. The van der Waals surface area contributed by atoms with E-state index in [-0.39, 0.29) is 29.5 Å². The number of benzene rings is 2. The predicted octanol–water partition coefficient (Wildman–Crippen LogP) is 4.46. The van der Waals surface area contributed by atoms with E-state index in [1.807, 2.05) is 6.07 Å². The normalized spacial score (nSPS) is 23.9. The summed E-state index contributed by atoms with van der Waals surface area (Å²) in [6, 6.07) is 11.6. The second kappa shape index (κ2) is 8.98. The second-order valence-corrected chi connectivity index (χ2v) is 8.69. The highest BCUT2D eigenvalue weighted by Crippen LogP contribution is 2.66. The highest BCUT2D eigenvalue weighted by molar-refractivity contribution is 5.86. The summed E-state index contributed by atoms with van der Waals surface area (Å²) < 4.78 is 11.2. The van der Waals surface area contributed by atoms with Crippen molar-refractivity contribution in [3.05, 3.63) is 63.7 Å². The van der Waals surface area contributed by atoms with E-state index in [0.717, 1.165) is 24.0 Å². The van der Waals surface area contributed by atoms with Gasteiger partial charge in [0.15, 0.2) is 11.5 Å². The van der Waals surface area contributed by atoms with Crippen LogP contribution in [0.4, 0.5) is 5.69 Å². The van der Waals surface area contributed by atoms with Crippen LogP contribution in [0.1, 0.15) is 43.7 Å². The van der Waals surface area contributed by atoms with Crippen LogP contribution >= 0.6 is 0 Å². The fourth-order valence-electron chi connectivity index (χ4n) is 4.85. The highest BCUT2D eigenvalue weighted by atomic mass is 16.6. The molecule has 2 aliphatic carbocycles. The zero-order valence-electron chi connectivity index (χ0n) is 18.2. The van der Waals surface area contributed by atoms with Gasteiger partial charge in [-0.2, -0.15) is 5.10 Å². The first-order valence-corrected chi connectivity index (χ1v) is 10.8. The Hall–Kier alpha value is -3.42. The summed E-state index contributed by atoms with van der Waals surface area (Å²) in [6.07, 6.45) is 6.27. The molecule has 0 aromatic heterocycles. The van der Waals surface area contributed by atoms with E-state index in [0.29, 0.717) is 17.4 Å². The standard InChI is InChI=1S/C24H27N3O5/c1-24-12-4-3-5-19(24)22(24)23(28)26-25-14-17-8-11-20(21(13-17)31-2)32-15-16-6-9-18(10-7-16)27(29)30/h6-11,13-14,19,22H,3-5,12,15H2,1-2H3,(H,26,28)/b25-14-/t19-,22-,24-/m1/s1. The van der Waals surface area contributed by atoms with E-state index in [4.69, 9.17) is 9.47 Å². The summed E-state index contributed by atoms with van der Waals surface area (Å²) in [4.78, 5) is 22.8. The Morgan fingerprint density at radius 2 is 2.03 bits per heavy atom. The molecule has 1 N–H and O–H groups in total. The first-order valence-electron chi connectivity index (χ1n) is 10.8. The number of amides is 1. The van der Waals surface area contributed by atoms with Crippen molar-refractivity contribution in [1.82, 2.24) is 5.43 Å². The fourth-order valence-corrected chi connectivity index (χ4v) is 4.85. The number of nitrogens with zero attached hydrogens (tertiary/aromatic N) is 2. The zero-order valence-corrected chi connectivity index (χ0v) is 18.2. The lowest BCUT2D eigenvalue weighted by molar-refractivity contribution is -0.384. The number of hydrogen-bond donors (Lipinski definition) is 1. The van der Waals surface area contributed by atoms with Gasteiger partial charge in [0.05, 0.1) is 18.2 Å². The summed E-state index contributed by atoms with van der Waals surface area (Å²) in [5, 5.41) is 14.9. The van der Waals surface area contributed by atoms with E-state index in [1.165, 1.54) is 25.0 Å². The minimum absolute atomic E-state index is 0.00525. The van der Waals surface area contributed by atoms with Gasteiger partial charge in [-0.15, -0.1) is 0 Å². The number of nitro benzene ring substituents is 1. The molecule has 0 bridgehead atoms. The zero-order chi connectivity index (χ0) is 22.7. The van der Waals surface area contributed by atoms with Crippen molar-refractivity contribution in [2.24, 2.45) is 22.4 Å². The average molecular weight is 437 g/mol. The minimum atomic E-state index is -0.436. The number of non-ortho nitro benzene ring substituents is 1. The van der Waals surface area contributed by atoms with Crippen molar-refractivity contribution in [2.45, 2.75) is 39.2 Å². The van der Waals surface area contributed by atoms with Gasteiger partial charge in [-0.25, -0.2) is 5.43 Å². The number of nitro groups is 1. The number of hydrogen-bond acceptors (Lipinski definition) is 6. The maximum Gasteiger partial charge on any atom is 0.269 e. The van der Waals surface area contributed by atoms with Gasteiger partial charge in [-0.05, 0) is 65.6 Å². The second-order valence-electron chi connectivity index (χ2n) is 8.69. The van der Waals surface area contributed by atoms with Crippen molar-refractivity contribution in [3.63, 3.8) is 0 Å². The van der Waals surface area contributed by atoms with Crippen molar-refractivity contribution >= 4 is 17.8 Å². The lowest BCUT2D eigenvalue weighted by atomic mass is 9.90. The molecule has 1 amide bonds. The van der Waals surface area contributed by atoms with E-state index < -0.39 is 4.92 Å². The van der Waals surface area contributed by atoms with Crippen molar-refractivity contribution in [2.75, 3.05) is 7.11 Å². The van der Waals surface area contributed by atoms with Crippen LogP contribution in [-0.2, 0) is 11.4 Å². The molecule has 8 nitrogen and oxygen atoms in total.